The molecule has 0 unspecified atom stereocenters. The van der Waals surface area contributed by atoms with Crippen molar-refractivity contribution in [3.05, 3.63) is 18.2 Å². The molecule has 0 radical (unpaired) electrons. The maximum Gasteiger partial charge on any atom is 0.232 e. The number of nitriles is 1. The summed E-state index contributed by atoms with van der Waals surface area (Å²) in [5.74, 6) is 0.959. The lowest BCUT2D eigenvalue weighted by atomic mass is 9.98. The number of nitrogens with one attached hydrogen (secondary N) is 1. The van der Waals surface area contributed by atoms with Crippen molar-refractivity contribution in [2.24, 2.45) is 5.92 Å². The van der Waals surface area contributed by atoms with E-state index in [1.807, 2.05) is 13.1 Å². The topological polar surface area (TPSA) is 64.8 Å². The van der Waals surface area contributed by atoms with E-state index in [9.17, 15) is 0 Å². The van der Waals surface area contributed by atoms with Crippen molar-refractivity contribution in [3.63, 3.8) is 0 Å². The fourth-order valence-electron chi connectivity index (χ4n) is 2.13. The van der Waals surface area contributed by atoms with E-state index in [-0.39, 0.29) is 5.82 Å². The van der Waals surface area contributed by atoms with Crippen LogP contribution >= 0.6 is 0 Å². The van der Waals surface area contributed by atoms with Crippen molar-refractivity contribution in [1.29, 1.82) is 5.26 Å². The standard InChI is InChI=1S/C12H17N5/c1-17(9-10-2-4-14-5-3-10)11-7-15-12(6-13)16-8-11/h7-8,10,14H,2-5,9H2,1H3. The van der Waals surface area contributed by atoms with E-state index in [4.69, 9.17) is 5.26 Å². The maximum absolute atomic E-state index is 8.63. The molecular formula is C12H17N5. The first-order chi connectivity index (χ1) is 8.29. The van der Waals surface area contributed by atoms with Crippen molar-refractivity contribution < 1.29 is 0 Å². The van der Waals surface area contributed by atoms with Gasteiger partial charge in [0, 0.05) is 13.6 Å². The monoisotopic (exact) mass is 231 g/mol. The molecule has 17 heavy (non-hydrogen) atoms. The number of hydrogen-bond acceptors (Lipinski definition) is 5. The minimum atomic E-state index is 0.226. The quantitative estimate of drug-likeness (QED) is 0.833. The minimum absolute atomic E-state index is 0.226. The van der Waals surface area contributed by atoms with Gasteiger partial charge in [0.05, 0.1) is 18.1 Å². The van der Waals surface area contributed by atoms with E-state index in [1.165, 1.54) is 12.8 Å². The molecule has 0 saturated carbocycles. The van der Waals surface area contributed by atoms with Crippen LogP contribution in [0.15, 0.2) is 12.4 Å². The summed E-state index contributed by atoms with van der Waals surface area (Å²) < 4.78 is 0. The molecule has 1 aromatic heterocycles. The Balaban J connectivity index is 1.94. The Morgan fingerprint density at radius 2 is 2.06 bits per heavy atom. The zero-order valence-corrected chi connectivity index (χ0v) is 10.1. The predicted molar refractivity (Wildman–Crippen MR) is 65.6 cm³/mol. The summed E-state index contributed by atoms with van der Waals surface area (Å²) in [5.41, 5.74) is 0.975. The van der Waals surface area contributed by atoms with Crippen molar-refractivity contribution >= 4 is 5.69 Å². The van der Waals surface area contributed by atoms with Crippen molar-refractivity contribution in [2.45, 2.75) is 12.8 Å². The summed E-state index contributed by atoms with van der Waals surface area (Å²) in [6.45, 7) is 3.25. The van der Waals surface area contributed by atoms with Gasteiger partial charge in [0.15, 0.2) is 0 Å². The second kappa shape index (κ2) is 5.60. The number of piperidine rings is 1. The number of hydrogen-bond donors (Lipinski definition) is 1. The molecule has 5 heteroatoms. The molecule has 1 N–H and O–H groups in total. The highest BCUT2D eigenvalue weighted by molar-refractivity contribution is 5.41. The molecule has 1 fully saturated rings. The summed E-state index contributed by atoms with van der Waals surface area (Å²) in [6, 6.07) is 1.93. The SMILES string of the molecule is CN(CC1CCNCC1)c1cnc(C#N)nc1. The average molecular weight is 231 g/mol. The lowest BCUT2D eigenvalue weighted by Crippen LogP contribution is -2.34. The van der Waals surface area contributed by atoms with Crippen LogP contribution in [-0.2, 0) is 0 Å². The van der Waals surface area contributed by atoms with Crippen LogP contribution in [0, 0.1) is 17.2 Å². The van der Waals surface area contributed by atoms with Crippen LogP contribution in [0.1, 0.15) is 18.7 Å². The van der Waals surface area contributed by atoms with Crippen LogP contribution in [0.25, 0.3) is 0 Å². The zero-order valence-electron chi connectivity index (χ0n) is 10.1. The fraction of sp³-hybridized carbons (Fsp3) is 0.583. The molecule has 0 atom stereocenters. The largest absolute Gasteiger partial charge is 0.372 e. The Morgan fingerprint density at radius 1 is 1.41 bits per heavy atom. The first kappa shape index (κ1) is 11.8. The normalized spacial score (nSPS) is 16.5. The molecule has 1 aliphatic rings. The van der Waals surface area contributed by atoms with Crippen molar-refractivity contribution in [2.75, 3.05) is 31.6 Å². The van der Waals surface area contributed by atoms with Gasteiger partial charge in [-0.3, -0.25) is 0 Å². The first-order valence-corrected chi connectivity index (χ1v) is 5.93. The van der Waals surface area contributed by atoms with Crippen molar-refractivity contribution in [1.82, 2.24) is 15.3 Å². The van der Waals surface area contributed by atoms with E-state index < -0.39 is 0 Å². The molecule has 1 aromatic rings. The van der Waals surface area contributed by atoms with Gasteiger partial charge in [-0.2, -0.15) is 5.26 Å². The van der Waals surface area contributed by atoms with E-state index in [2.05, 4.69) is 20.2 Å². The van der Waals surface area contributed by atoms with Crippen molar-refractivity contribution in [3.8, 4) is 6.07 Å². The second-order valence-corrected chi connectivity index (χ2v) is 4.45. The third kappa shape index (κ3) is 3.14. The van der Waals surface area contributed by atoms with Gasteiger partial charge in [-0.1, -0.05) is 0 Å². The lowest BCUT2D eigenvalue weighted by molar-refractivity contribution is 0.378. The Labute approximate surface area is 101 Å². The third-order valence-electron chi connectivity index (χ3n) is 3.17. The zero-order chi connectivity index (χ0) is 12.1. The van der Waals surface area contributed by atoms with Crippen LogP contribution in [0.3, 0.4) is 0 Å². The summed E-state index contributed by atoms with van der Waals surface area (Å²) in [7, 11) is 2.05. The average Bonchev–Trinajstić information content (AvgIpc) is 2.40. The van der Waals surface area contributed by atoms with Crippen LogP contribution in [0.2, 0.25) is 0 Å². The molecule has 0 aliphatic carbocycles. The highest BCUT2D eigenvalue weighted by atomic mass is 15.1. The number of nitrogens with zero attached hydrogens (tertiary/aromatic N) is 4. The number of aromatic nitrogens is 2. The van der Waals surface area contributed by atoms with Crippen LogP contribution in [0.5, 0.6) is 0 Å². The molecule has 5 nitrogen and oxygen atoms in total. The Bertz CT molecular complexity index is 388. The van der Waals surface area contributed by atoms with Gasteiger partial charge in [-0.25, -0.2) is 9.97 Å². The molecule has 90 valence electrons. The molecule has 1 saturated heterocycles. The molecule has 1 aliphatic heterocycles. The number of rotatable bonds is 3. The van der Waals surface area contributed by atoms with E-state index in [0.717, 1.165) is 31.2 Å². The van der Waals surface area contributed by atoms with Gasteiger partial charge in [0.25, 0.3) is 0 Å². The Hall–Kier alpha value is -1.67. The summed E-state index contributed by atoms with van der Waals surface area (Å²) in [6.07, 6.45) is 5.88. The second-order valence-electron chi connectivity index (χ2n) is 4.45. The van der Waals surface area contributed by atoms with Gasteiger partial charge < -0.3 is 10.2 Å². The van der Waals surface area contributed by atoms with Gasteiger partial charge in [-0.15, -0.1) is 0 Å². The fourth-order valence-corrected chi connectivity index (χ4v) is 2.13. The highest BCUT2D eigenvalue weighted by Gasteiger charge is 2.15. The molecule has 0 bridgehead atoms. The molecule has 2 rings (SSSR count). The van der Waals surface area contributed by atoms with Crippen LogP contribution in [0.4, 0.5) is 5.69 Å². The van der Waals surface area contributed by atoms with E-state index in [1.54, 1.807) is 12.4 Å². The smallest absolute Gasteiger partial charge is 0.232 e. The lowest BCUT2D eigenvalue weighted by Gasteiger charge is -2.28. The first-order valence-electron chi connectivity index (χ1n) is 5.93. The maximum atomic E-state index is 8.63. The molecule has 2 heterocycles. The third-order valence-corrected chi connectivity index (χ3v) is 3.17. The molecule has 0 aromatic carbocycles. The molecule has 0 amide bonds. The predicted octanol–water partition coefficient (Wildman–Crippen LogP) is 0.784. The summed E-state index contributed by atoms with van der Waals surface area (Å²) >= 11 is 0. The van der Waals surface area contributed by atoms with Gasteiger partial charge in [-0.05, 0) is 31.8 Å². The van der Waals surface area contributed by atoms with E-state index in [0.29, 0.717) is 0 Å². The molecular weight excluding hydrogens is 214 g/mol. The van der Waals surface area contributed by atoms with Crippen LogP contribution in [-0.4, -0.2) is 36.6 Å². The van der Waals surface area contributed by atoms with Crippen LogP contribution < -0.4 is 10.2 Å². The van der Waals surface area contributed by atoms with E-state index >= 15 is 0 Å². The van der Waals surface area contributed by atoms with Gasteiger partial charge >= 0.3 is 0 Å². The summed E-state index contributed by atoms with van der Waals surface area (Å²) in [5, 5.41) is 12.0. The number of anilines is 1. The Morgan fingerprint density at radius 3 is 2.65 bits per heavy atom. The van der Waals surface area contributed by atoms with Gasteiger partial charge in [0.1, 0.15) is 6.07 Å². The summed E-state index contributed by atoms with van der Waals surface area (Å²) in [4.78, 5) is 10.1. The molecule has 0 spiro atoms. The Kier molecular flexibility index (Phi) is 3.89. The van der Waals surface area contributed by atoms with Gasteiger partial charge in [0.2, 0.25) is 5.82 Å². The minimum Gasteiger partial charge on any atom is -0.372 e. The highest BCUT2D eigenvalue weighted by Crippen LogP contribution is 2.16.